The number of ether oxygens (including phenoxy) is 2. The molecule has 2 fully saturated rings. The number of ketones is 1. The average Bonchev–Trinajstić information content (AvgIpc) is 2.72. The van der Waals surface area contributed by atoms with E-state index in [1.807, 2.05) is 12.1 Å². The van der Waals surface area contributed by atoms with Crippen molar-refractivity contribution in [3.63, 3.8) is 0 Å². The number of rotatable bonds is 4. The largest absolute Gasteiger partial charge is 0.486 e. The Kier molecular flexibility index (Phi) is 5.75. The molecule has 1 amide bonds. The fourth-order valence-corrected chi connectivity index (χ4v) is 3.91. The summed E-state index contributed by atoms with van der Waals surface area (Å²) in [5.74, 6) is 0.362. The second-order valence-corrected chi connectivity index (χ2v) is 7.60. The van der Waals surface area contributed by atoms with Crippen molar-refractivity contribution in [2.45, 2.75) is 50.4 Å². The predicted molar refractivity (Wildman–Crippen MR) is 103 cm³/mol. The molecule has 0 aromatic heterocycles. The lowest BCUT2D eigenvalue weighted by Crippen LogP contribution is -2.49. The first-order chi connectivity index (χ1) is 13.6. The van der Waals surface area contributed by atoms with E-state index in [4.69, 9.17) is 14.3 Å². The van der Waals surface area contributed by atoms with Crippen LogP contribution in [0.25, 0.3) is 6.08 Å². The molecule has 1 spiro atoms. The van der Waals surface area contributed by atoms with Crippen molar-refractivity contribution >= 4 is 17.8 Å². The topological polar surface area (TPSA) is 85.9 Å². The monoisotopic (exact) mass is 386 g/mol. The predicted octanol–water partition coefficient (Wildman–Crippen LogP) is 2.36. The van der Waals surface area contributed by atoms with Gasteiger partial charge in [-0.25, -0.2) is 10.3 Å². The summed E-state index contributed by atoms with van der Waals surface area (Å²) in [6.45, 7) is 2.39. The molecule has 7 nitrogen and oxygen atoms in total. The zero-order chi connectivity index (χ0) is 19.4. The Bertz CT molecular complexity index is 764. The summed E-state index contributed by atoms with van der Waals surface area (Å²) in [5, 5.41) is 3.31. The van der Waals surface area contributed by atoms with Crippen LogP contribution in [0, 0.1) is 0 Å². The van der Waals surface area contributed by atoms with Gasteiger partial charge in [-0.1, -0.05) is 6.07 Å². The molecule has 1 unspecified atom stereocenters. The number of hydroxylamine groups is 1. The molecule has 150 valence electrons. The summed E-state index contributed by atoms with van der Waals surface area (Å²) < 4.78 is 11.6. The number of Topliss-reactive ketones (excluding diaryl/α,β-unsaturated/α-hetero) is 1. The highest BCUT2D eigenvalue weighted by molar-refractivity contribution is 6.01. The Morgan fingerprint density at radius 2 is 2.14 bits per heavy atom. The zero-order valence-electron chi connectivity index (χ0n) is 15.9. The Morgan fingerprint density at radius 3 is 2.93 bits per heavy atom. The summed E-state index contributed by atoms with van der Waals surface area (Å²) in [4.78, 5) is 29.9. The Morgan fingerprint density at radius 1 is 1.29 bits per heavy atom. The van der Waals surface area contributed by atoms with Crippen molar-refractivity contribution in [2.24, 2.45) is 0 Å². The van der Waals surface area contributed by atoms with Gasteiger partial charge in [0.05, 0.1) is 12.0 Å². The fraction of sp³-hybridized carbons (Fsp3) is 0.524. The summed E-state index contributed by atoms with van der Waals surface area (Å²) in [6.07, 6.45) is 7.56. The minimum absolute atomic E-state index is 0.0978. The van der Waals surface area contributed by atoms with Crippen LogP contribution in [0.3, 0.4) is 0 Å². The maximum Gasteiger partial charge on any atom is 0.267 e. The van der Waals surface area contributed by atoms with Crippen molar-refractivity contribution in [3.8, 4) is 5.75 Å². The van der Waals surface area contributed by atoms with Crippen LogP contribution in [0.1, 0.15) is 54.4 Å². The molecule has 0 radical (unpaired) electrons. The van der Waals surface area contributed by atoms with E-state index in [0.29, 0.717) is 24.3 Å². The molecule has 2 N–H and O–H groups in total. The summed E-state index contributed by atoms with van der Waals surface area (Å²) in [7, 11) is 0. The third-order valence-electron chi connectivity index (χ3n) is 5.48. The van der Waals surface area contributed by atoms with Crippen molar-refractivity contribution in [3.05, 3.63) is 35.4 Å². The molecule has 3 aliphatic heterocycles. The van der Waals surface area contributed by atoms with Crippen LogP contribution in [-0.4, -0.2) is 43.3 Å². The molecule has 7 heteroatoms. The fourth-order valence-electron chi connectivity index (χ4n) is 3.91. The van der Waals surface area contributed by atoms with Gasteiger partial charge in [0.15, 0.2) is 12.1 Å². The second-order valence-electron chi connectivity index (χ2n) is 7.60. The number of nitrogens with one attached hydrogen (secondary N) is 2. The minimum Gasteiger partial charge on any atom is -0.486 e. The van der Waals surface area contributed by atoms with Gasteiger partial charge in [0.25, 0.3) is 5.91 Å². The lowest BCUT2D eigenvalue weighted by molar-refractivity contribution is -0.198. The lowest BCUT2D eigenvalue weighted by Gasteiger charge is -2.40. The summed E-state index contributed by atoms with van der Waals surface area (Å²) >= 11 is 0. The minimum atomic E-state index is -0.382. The van der Waals surface area contributed by atoms with Crippen molar-refractivity contribution in [2.75, 3.05) is 19.7 Å². The molecule has 0 saturated carbocycles. The Hall–Kier alpha value is -2.22. The second kappa shape index (κ2) is 8.43. The molecule has 1 atom stereocenters. The van der Waals surface area contributed by atoms with Gasteiger partial charge in [-0.15, -0.1) is 0 Å². The highest BCUT2D eigenvalue weighted by Gasteiger charge is 2.41. The van der Waals surface area contributed by atoms with Crippen molar-refractivity contribution < 1.29 is 23.9 Å². The van der Waals surface area contributed by atoms with Crippen LogP contribution in [-0.2, 0) is 14.4 Å². The van der Waals surface area contributed by atoms with Crippen LogP contribution < -0.4 is 15.5 Å². The molecule has 2 saturated heterocycles. The molecule has 1 aromatic carbocycles. The van der Waals surface area contributed by atoms with Gasteiger partial charge in [-0.2, -0.15) is 0 Å². The van der Waals surface area contributed by atoms with Gasteiger partial charge in [0.1, 0.15) is 11.4 Å². The smallest absolute Gasteiger partial charge is 0.267 e. The molecule has 0 aliphatic carbocycles. The molecule has 1 aromatic rings. The number of amides is 1. The standard InChI is InChI=1S/C21H26N2O5/c24-17-14-21(8-10-22-11-9-21)27-18-6-4-15(13-16(17)18)5-7-19(25)23-28-20-3-1-2-12-26-20/h4-7,13,20,22H,1-3,8-12,14H2,(H,23,25)/b7-5+. The third kappa shape index (κ3) is 4.43. The maximum atomic E-state index is 12.7. The normalized spacial score (nSPS) is 24.0. The van der Waals surface area contributed by atoms with Gasteiger partial charge in [0.2, 0.25) is 0 Å². The van der Waals surface area contributed by atoms with Crippen LogP contribution in [0.4, 0.5) is 0 Å². The number of hydrogen-bond acceptors (Lipinski definition) is 6. The van der Waals surface area contributed by atoms with E-state index in [1.54, 1.807) is 12.1 Å². The van der Waals surface area contributed by atoms with E-state index < -0.39 is 0 Å². The van der Waals surface area contributed by atoms with E-state index in [0.717, 1.165) is 50.8 Å². The molecule has 4 rings (SSSR count). The lowest BCUT2D eigenvalue weighted by atomic mass is 9.83. The quantitative estimate of drug-likeness (QED) is 0.610. The van der Waals surface area contributed by atoms with Gasteiger partial charge < -0.3 is 14.8 Å². The van der Waals surface area contributed by atoms with Gasteiger partial charge >= 0.3 is 0 Å². The Balaban J connectivity index is 1.37. The van der Waals surface area contributed by atoms with Crippen LogP contribution >= 0.6 is 0 Å². The zero-order valence-corrected chi connectivity index (χ0v) is 15.9. The van der Waals surface area contributed by atoms with E-state index in [2.05, 4.69) is 10.8 Å². The molecule has 3 aliphatic rings. The van der Waals surface area contributed by atoms with Crippen LogP contribution in [0.15, 0.2) is 24.3 Å². The summed E-state index contributed by atoms with van der Waals surface area (Å²) in [5.41, 5.74) is 3.36. The number of carbonyl (C=O) groups excluding carboxylic acids is 2. The highest BCUT2D eigenvalue weighted by atomic mass is 16.8. The van der Waals surface area contributed by atoms with E-state index in [-0.39, 0.29) is 23.6 Å². The number of fused-ring (bicyclic) bond motifs is 1. The van der Waals surface area contributed by atoms with Gasteiger partial charge in [-0.3, -0.25) is 9.59 Å². The van der Waals surface area contributed by atoms with Gasteiger partial charge in [0, 0.05) is 31.9 Å². The highest BCUT2D eigenvalue weighted by Crippen LogP contribution is 2.38. The first kappa shape index (κ1) is 19.1. The van der Waals surface area contributed by atoms with Crippen molar-refractivity contribution in [1.29, 1.82) is 0 Å². The molecular weight excluding hydrogens is 360 g/mol. The maximum absolute atomic E-state index is 12.7. The summed E-state index contributed by atoms with van der Waals surface area (Å²) in [6, 6.07) is 5.45. The van der Waals surface area contributed by atoms with Gasteiger partial charge in [-0.05, 0) is 49.7 Å². The van der Waals surface area contributed by atoms with E-state index >= 15 is 0 Å². The SMILES string of the molecule is O=C(/C=C/c1ccc2c(c1)C(=O)CC1(CCNCC1)O2)NOC1CCCCO1. The van der Waals surface area contributed by atoms with Crippen LogP contribution in [0.2, 0.25) is 0 Å². The van der Waals surface area contributed by atoms with Crippen molar-refractivity contribution in [1.82, 2.24) is 10.8 Å². The molecular formula is C21H26N2O5. The first-order valence-electron chi connectivity index (χ1n) is 9.96. The molecule has 3 heterocycles. The first-order valence-corrected chi connectivity index (χ1v) is 9.96. The number of piperidine rings is 1. The number of carbonyl (C=O) groups is 2. The molecule has 0 bridgehead atoms. The van der Waals surface area contributed by atoms with E-state index in [1.165, 1.54) is 6.08 Å². The van der Waals surface area contributed by atoms with E-state index in [9.17, 15) is 9.59 Å². The number of hydrogen-bond donors (Lipinski definition) is 2. The third-order valence-corrected chi connectivity index (χ3v) is 5.48. The van der Waals surface area contributed by atoms with Crippen LogP contribution in [0.5, 0.6) is 5.75 Å². The molecule has 28 heavy (non-hydrogen) atoms. The number of benzene rings is 1. The average molecular weight is 386 g/mol. The Labute approximate surface area is 164 Å².